The molecule has 0 atom stereocenters. The standard InChI is InChI=1S/K.NO3.2H2O/c;2-1(3)4;;/h;;2*1H2/q+1;-1;;. The van der Waals surface area contributed by atoms with Crippen molar-refractivity contribution in [2.45, 2.75) is 0 Å². The molecule has 0 amide bonds. The summed E-state index contributed by atoms with van der Waals surface area (Å²) in [6, 6.07) is 0. The van der Waals surface area contributed by atoms with E-state index in [1.165, 1.54) is 0 Å². The molecule has 40 valence electrons. The first-order valence-electron chi connectivity index (χ1n) is 0.548. The van der Waals surface area contributed by atoms with Gasteiger partial charge in [0.2, 0.25) is 0 Å². The maximum Gasteiger partial charge on any atom is 1.00 e. The molecule has 0 aromatic carbocycles. The van der Waals surface area contributed by atoms with Crippen LogP contribution in [-0.4, -0.2) is 16.0 Å². The average molecular weight is 137 g/mol. The summed E-state index contributed by atoms with van der Waals surface area (Å²) < 4.78 is 0. The fourth-order valence-corrected chi connectivity index (χ4v) is 0. The van der Waals surface area contributed by atoms with Crippen molar-refractivity contribution in [3.63, 3.8) is 0 Å². The van der Waals surface area contributed by atoms with E-state index < -0.39 is 5.09 Å². The molecule has 0 heterocycles. The van der Waals surface area contributed by atoms with Gasteiger partial charge < -0.3 is 26.3 Å². The molecule has 0 aliphatic carbocycles. The minimum Gasteiger partial charge on any atom is -0.412 e. The quantitative estimate of drug-likeness (QED) is 0.188. The average Bonchev–Trinajstić information content (AvgIpc) is 0.811. The molecule has 0 spiro atoms. The molecule has 0 saturated carbocycles. The molecular formula is H4KNO5. The van der Waals surface area contributed by atoms with Crippen LogP contribution in [0.15, 0.2) is 0 Å². The van der Waals surface area contributed by atoms with Crippen LogP contribution in [0.3, 0.4) is 0 Å². The summed E-state index contributed by atoms with van der Waals surface area (Å²) in [7, 11) is 0. The molecule has 0 radical (unpaired) electrons. The fourth-order valence-electron chi connectivity index (χ4n) is 0. The zero-order valence-electron chi connectivity index (χ0n) is 3.67. The van der Waals surface area contributed by atoms with Gasteiger partial charge in [-0.15, -0.1) is 0 Å². The van der Waals surface area contributed by atoms with E-state index in [1.807, 2.05) is 0 Å². The molecular weight excluding hydrogens is 133 g/mol. The molecule has 0 saturated heterocycles. The van der Waals surface area contributed by atoms with Gasteiger partial charge in [-0.3, -0.25) is 0 Å². The molecule has 0 aromatic rings. The van der Waals surface area contributed by atoms with Gasteiger partial charge in [0.15, 0.2) is 0 Å². The van der Waals surface area contributed by atoms with Crippen molar-refractivity contribution >= 4 is 0 Å². The summed E-state index contributed by atoms with van der Waals surface area (Å²) >= 11 is 0. The van der Waals surface area contributed by atoms with E-state index in [4.69, 9.17) is 15.3 Å². The molecule has 0 unspecified atom stereocenters. The van der Waals surface area contributed by atoms with Crippen molar-refractivity contribution in [3.8, 4) is 0 Å². The first-order chi connectivity index (χ1) is 1.73. The van der Waals surface area contributed by atoms with E-state index in [2.05, 4.69) is 0 Å². The van der Waals surface area contributed by atoms with Crippen LogP contribution < -0.4 is 51.4 Å². The molecule has 0 aromatic heterocycles. The molecule has 6 nitrogen and oxygen atoms in total. The van der Waals surface area contributed by atoms with E-state index in [0.717, 1.165) is 0 Å². The van der Waals surface area contributed by atoms with Crippen molar-refractivity contribution in [2.75, 3.05) is 0 Å². The maximum atomic E-state index is 8.25. The molecule has 0 aliphatic rings. The van der Waals surface area contributed by atoms with Gasteiger partial charge >= 0.3 is 51.4 Å². The fraction of sp³-hybridized carbons (Fsp3) is 0. The van der Waals surface area contributed by atoms with Crippen LogP contribution in [0.25, 0.3) is 0 Å². The largest absolute Gasteiger partial charge is 1.00 e. The van der Waals surface area contributed by atoms with Crippen LogP contribution in [-0.2, 0) is 0 Å². The normalized spacial score (nSPS) is 3.43. The van der Waals surface area contributed by atoms with Crippen LogP contribution >= 0.6 is 0 Å². The van der Waals surface area contributed by atoms with Gasteiger partial charge in [-0.2, -0.15) is 0 Å². The minimum atomic E-state index is -1.75. The van der Waals surface area contributed by atoms with Crippen molar-refractivity contribution < 1.29 is 67.4 Å². The molecule has 0 bridgehead atoms. The Morgan fingerprint density at radius 2 is 1.14 bits per heavy atom. The first kappa shape index (κ1) is 25.1. The van der Waals surface area contributed by atoms with Gasteiger partial charge in [0.25, 0.3) is 0 Å². The second kappa shape index (κ2) is 15.9. The van der Waals surface area contributed by atoms with Crippen molar-refractivity contribution in [1.82, 2.24) is 0 Å². The SMILES string of the molecule is O.O.O=[N+]([O-])[O-].[K+]. The third-order valence-electron chi connectivity index (χ3n) is 0. The Labute approximate surface area is 81.7 Å². The number of nitrogens with zero attached hydrogens (tertiary/aromatic N) is 1. The van der Waals surface area contributed by atoms with Gasteiger partial charge in [-0.1, -0.05) is 0 Å². The Bertz CT molecular complexity index is 31.1. The van der Waals surface area contributed by atoms with E-state index in [0.29, 0.717) is 0 Å². The third-order valence-corrected chi connectivity index (χ3v) is 0. The Morgan fingerprint density at radius 3 is 1.14 bits per heavy atom. The van der Waals surface area contributed by atoms with Crippen LogP contribution in [0.1, 0.15) is 0 Å². The van der Waals surface area contributed by atoms with Crippen LogP contribution in [0.2, 0.25) is 0 Å². The summed E-state index contributed by atoms with van der Waals surface area (Å²) in [6.07, 6.45) is 0. The van der Waals surface area contributed by atoms with E-state index >= 15 is 0 Å². The maximum absolute atomic E-state index is 8.25. The summed E-state index contributed by atoms with van der Waals surface area (Å²) in [5, 5.41) is 14.8. The molecule has 0 rings (SSSR count). The molecule has 0 aliphatic heterocycles. The van der Waals surface area contributed by atoms with Gasteiger partial charge in [-0.25, -0.2) is 0 Å². The van der Waals surface area contributed by atoms with E-state index in [1.54, 1.807) is 0 Å². The Morgan fingerprint density at radius 1 is 1.14 bits per heavy atom. The second-order valence-electron chi connectivity index (χ2n) is 0.224. The third kappa shape index (κ3) is 267. The molecule has 0 fully saturated rings. The summed E-state index contributed by atoms with van der Waals surface area (Å²) in [6.45, 7) is 0. The van der Waals surface area contributed by atoms with Crippen molar-refractivity contribution in [3.05, 3.63) is 15.3 Å². The zero-order chi connectivity index (χ0) is 3.58. The monoisotopic (exact) mass is 137 g/mol. The summed E-state index contributed by atoms with van der Waals surface area (Å²) in [5.74, 6) is 0. The summed E-state index contributed by atoms with van der Waals surface area (Å²) in [4.78, 5) is 8.25. The smallest absolute Gasteiger partial charge is 0.412 e. The minimum absolute atomic E-state index is 0. The van der Waals surface area contributed by atoms with Gasteiger partial charge in [0.1, 0.15) is 0 Å². The Hall–Kier alpha value is 0.756. The predicted molar refractivity (Wildman–Crippen MR) is 17.6 cm³/mol. The predicted octanol–water partition coefficient (Wildman–Crippen LogP) is -4.88. The topological polar surface area (TPSA) is 129 Å². The van der Waals surface area contributed by atoms with Crippen LogP contribution in [0.5, 0.6) is 0 Å². The number of hydrogen-bond acceptors (Lipinski definition) is 3. The van der Waals surface area contributed by atoms with Gasteiger partial charge in [0, 0.05) is 0 Å². The van der Waals surface area contributed by atoms with Crippen LogP contribution in [0, 0.1) is 15.3 Å². The number of rotatable bonds is 0. The van der Waals surface area contributed by atoms with Gasteiger partial charge in [0.05, 0.1) is 5.09 Å². The van der Waals surface area contributed by atoms with Gasteiger partial charge in [-0.05, 0) is 0 Å². The van der Waals surface area contributed by atoms with Crippen molar-refractivity contribution in [1.29, 1.82) is 0 Å². The molecule has 7 heteroatoms. The summed E-state index contributed by atoms with van der Waals surface area (Å²) in [5.41, 5.74) is 0. The molecule has 7 heavy (non-hydrogen) atoms. The first-order valence-corrected chi connectivity index (χ1v) is 0.548. The second-order valence-corrected chi connectivity index (χ2v) is 0.224. The van der Waals surface area contributed by atoms with Crippen molar-refractivity contribution in [2.24, 2.45) is 0 Å². The molecule has 4 N–H and O–H groups in total. The zero-order valence-corrected chi connectivity index (χ0v) is 6.80. The Kier molecular flexibility index (Phi) is 56.9. The van der Waals surface area contributed by atoms with E-state index in [9.17, 15) is 0 Å². The Balaban J connectivity index is -0.0000000150. The number of hydrogen-bond donors (Lipinski definition) is 0. The van der Waals surface area contributed by atoms with E-state index in [-0.39, 0.29) is 62.3 Å². The van der Waals surface area contributed by atoms with Crippen LogP contribution in [0.4, 0.5) is 0 Å².